The predicted octanol–water partition coefficient (Wildman–Crippen LogP) is -6.83. The van der Waals surface area contributed by atoms with Gasteiger partial charge in [0.1, 0.15) is 0 Å². The van der Waals surface area contributed by atoms with Gasteiger partial charge in [-0.3, -0.25) is 0 Å². The molecule has 0 aromatic rings. The van der Waals surface area contributed by atoms with Gasteiger partial charge in [-0.2, -0.15) is 0 Å². The van der Waals surface area contributed by atoms with Gasteiger partial charge in [-0.1, -0.05) is 0 Å². The van der Waals surface area contributed by atoms with Crippen LogP contribution in [0.5, 0.6) is 0 Å². The molecule has 0 saturated carbocycles. The van der Waals surface area contributed by atoms with Crippen LogP contribution in [0.15, 0.2) is 16.8 Å². The molecule has 0 fully saturated rings. The predicted molar refractivity (Wildman–Crippen MR) is 53.6 cm³/mol. The van der Waals surface area contributed by atoms with Crippen molar-refractivity contribution < 1.29 is 43.0 Å². The monoisotopic (exact) mass is 523 g/mol. The molecular weight excluding hydrogens is 511 g/mol. The van der Waals surface area contributed by atoms with Crippen LogP contribution in [0.3, 0.4) is 0 Å². The molecule has 8 heteroatoms. The zero-order valence-electron chi connectivity index (χ0n) is 6.94. The number of allylic oxidation sites excluding steroid dienone is 1. The summed E-state index contributed by atoms with van der Waals surface area (Å²) in [5.41, 5.74) is 23.0. The molecule has 0 aliphatic rings. The molecule has 0 bridgehead atoms. The first-order valence-corrected chi connectivity index (χ1v) is 8.49. The molecule has 0 radical (unpaired) electrons. The van der Waals surface area contributed by atoms with E-state index in [2.05, 4.69) is 1.74 Å². The van der Waals surface area contributed by atoms with E-state index in [1.54, 1.807) is 6.92 Å². The molecule has 0 saturated heterocycles. The SMILES string of the molecule is C/C(N)=C(/N)[I-]N[I-]/C(N)=C(/N)I. The van der Waals surface area contributed by atoms with Crippen LogP contribution in [0.4, 0.5) is 0 Å². The second-order valence-corrected chi connectivity index (χ2v) is 9.70. The summed E-state index contributed by atoms with van der Waals surface area (Å²) in [6, 6.07) is 0. The minimum atomic E-state index is -0.383. The van der Waals surface area contributed by atoms with Crippen molar-refractivity contribution in [2.75, 3.05) is 0 Å². The van der Waals surface area contributed by atoms with Crippen molar-refractivity contribution in [1.29, 1.82) is 0 Å². The van der Waals surface area contributed by atoms with Gasteiger partial charge in [0.05, 0.1) is 0 Å². The molecule has 0 spiro atoms. The first-order chi connectivity index (χ1) is 5.95. The van der Waals surface area contributed by atoms with Crippen LogP contribution in [-0.4, -0.2) is 0 Å². The van der Waals surface area contributed by atoms with Crippen LogP contribution < -0.4 is 67.6 Å². The van der Waals surface area contributed by atoms with Crippen LogP contribution in [-0.2, 0) is 0 Å². The maximum atomic E-state index is 5.65. The number of hydrogen-bond acceptors (Lipinski definition) is 5. The third-order valence-electron chi connectivity index (χ3n) is 0.880. The second-order valence-electron chi connectivity index (χ2n) is 1.99. The van der Waals surface area contributed by atoms with Gasteiger partial charge >= 0.3 is 114 Å². The van der Waals surface area contributed by atoms with E-state index < -0.39 is 0 Å². The fraction of sp³-hybridized carbons (Fsp3) is 0.200. The number of rotatable bonds is 4. The van der Waals surface area contributed by atoms with E-state index in [1.165, 1.54) is 0 Å². The Kier molecular flexibility index (Phi) is 7.62. The summed E-state index contributed by atoms with van der Waals surface area (Å²) in [6.45, 7) is 1.79. The molecule has 0 heterocycles. The Morgan fingerprint density at radius 1 is 1.08 bits per heavy atom. The number of nitrogens with two attached hydrogens (primary N) is 4. The molecule has 0 aromatic carbocycles. The van der Waals surface area contributed by atoms with Crippen LogP contribution in [0, 0.1) is 0 Å². The van der Waals surface area contributed by atoms with Crippen LogP contribution in [0.1, 0.15) is 6.92 Å². The minimum absolute atomic E-state index is 0.379. The normalized spacial score (nSPS) is 15.5. The van der Waals surface area contributed by atoms with Crippen LogP contribution in [0.25, 0.3) is 0 Å². The van der Waals surface area contributed by atoms with Crippen molar-refractivity contribution in [1.82, 2.24) is 1.74 Å². The fourth-order valence-electron chi connectivity index (χ4n) is 0.214. The van der Waals surface area contributed by atoms with E-state index in [9.17, 15) is 0 Å². The van der Waals surface area contributed by atoms with Gasteiger partial charge in [0.25, 0.3) is 0 Å². The van der Waals surface area contributed by atoms with E-state index in [0.717, 1.165) is 7.41 Å². The number of hydrogen-bond donors (Lipinski definition) is 5. The Morgan fingerprint density at radius 3 is 1.92 bits per heavy atom. The zero-order valence-corrected chi connectivity index (χ0v) is 13.4. The Balaban J connectivity index is 3.83. The van der Waals surface area contributed by atoms with E-state index >= 15 is 0 Å². The summed E-state index contributed by atoms with van der Waals surface area (Å²) in [7, 11) is 0. The third kappa shape index (κ3) is 6.84. The van der Waals surface area contributed by atoms with Gasteiger partial charge in [-0.05, 0) is 0 Å². The maximum absolute atomic E-state index is 5.65. The average molecular weight is 523 g/mol. The molecule has 0 aromatic heterocycles. The summed E-state index contributed by atoms with van der Waals surface area (Å²) in [5, 5.41) is 0. The van der Waals surface area contributed by atoms with Crippen LogP contribution >= 0.6 is 22.6 Å². The molecule has 0 rings (SSSR count). The fourth-order valence-corrected chi connectivity index (χ4v) is 5.75. The first kappa shape index (κ1) is 13.8. The average Bonchev–Trinajstić information content (AvgIpc) is 2.03. The van der Waals surface area contributed by atoms with Crippen LogP contribution in [0.2, 0.25) is 0 Å². The van der Waals surface area contributed by atoms with Gasteiger partial charge in [0.15, 0.2) is 0 Å². The van der Waals surface area contributed by atoms with E-state index in [1.807, 2.05) is 22.6 Å². The second kappa shape index (κ2) is 7.17. The summed E-state index contributed by atoms with van der Waals surface area (Å²) < 4.78 is 5.41. The Labute approximate surface area is 112 Å². The summed E-state index contributed by atoms with van der Waals surface area (Å²) in [5.74, 6) is 0. The standard InChI is InChI=1S/C5H12I3N5/c1-2(9)4(11)7-13-8-5(12)3(6)10/h13H,9-12H2,1H3/q-2/b4-2-,5-3-. The van der Waals surface area contributed by atoms with Crippen molar-refractivity contribution >= 4 is 22.6 Å². The number of halogens is 3. The topological polar surface area (TPSA) is 116 Å². The molecule has 0 atom stereocenters. The Bertz CT molecular complexity index is 204. The number of nitrogens with one attached hydrogen (secondary N) is 1. The molecule has 13 heavy (non-hydrogen) atoms. The van der Waals surface area contributed by atoms with Gasteiger partial charge in [-0.15, -0.1) is 0 Å². The van der Waals surface area contributed by atoms with Gasteiger partial charge < -0.3 is 0 Å². The first-order valence-electron chi connectivity index (χ1n) is 3.10. The molecule has 5 nitrogen and oxygen atoms in total. The molecule has 0 amide bonds. The van der Waals surface area contributed by atoms with E-state index in [-0.39, 0.29) is 43.0 Å². The molecule has 0 unspecified atom stereocenters. The summed E-state index contributed by atoms with van der Waals surface area (Å²) in [4.78, 5) is 0. The third-order valence-corrected chi connectivity index (χ3v) is 8.23. The molecule has 0 aliphatic heterocycles. The zero-order chi connectivity index (χ0) is 10.4. The summed E-state index contributed by atoms with van der Waals surface area (Å²) in [6.07, 6.45) is 0. The van der Waals surface area contributed by atoms with Gasteiger partial charge in [0, 0.05) is 0 Å². The van der Waals surface area contributed by atoms with E-state index in [0.29, 0.717) is 9.40 Å². The van der Waals surface area contributed by atoms with Crippen molar-refractivity contribution in [2.45, 2.75) is 6.92 Å². The Morgan fingerprint density at radius 2 is 1.54 bits per heavy atom. The molecule has 80 valence electrons. The molecule has 0 aliphatic carbocycles. The van der Waals surface area contributed by atoms with Crippen molar-refractivity contribution in [3.05, 3.63) is 16.8 Å². The Hall–Kier alpha value is 0.830. The quantitative estimate of drug-likeness (QED) is 0.143. The molecular formula is C5H12I3N5-2. The summed E-state index contributed by atoms with van der Waals surface area (Å²) >= 11 is 1.24. The molecule has 9 N–H and O–H groups in total. The van der Waals surface area contributed by atoms with Crippen molar-refractivity contribution in [3.8, 4) is 0 Å². The van der Waals surface area contributed by atoms with Crippen molar-refractivity contribution in [2.24, 2.45) is 22.9 Å². The van der Waals surface area contributed by atoms with Gasteiger partial charge in [0.2, 0.25) is 0 Å². The van der Waals surface area contributed by atoms with Gasteiger partial charge in [-0.25, -0.2) is 0 Å². The van der Waals surface area contributed by atoms with Crippen molar-refractivity contribution in [3.63, 3.8) is 0 Å². The van der Waals surface area contributed by atoms with E-state index in [4.69, 9.17) is 22.9 Å².